The first kappa shape index (κ1) is 9.96. The molecular weight excluding hydrogens is 152 g/mol. The molecule has 12 heavy (non-hydrogen) atoms. The Morgan fingerprint density at radius 1 is 1.25 bits per heavy atom. The summed E-state index contributed by atoms with van der Waals surface area (Å²) in [6.07, 6.45) is 2.10. The zero-order valence-electron chi connectivity index (χ0n) is 8.34. The molecule has 0 saturated carbocycles. The molecule has 0 spiro atoms. The quantitative estimate of drug-likeness (QED) is 0.644. The number of piperidine rings is 1. The Kier molecular flexibility index (Phi) is 3.09. The van der Waals surface area contributed by atoms with Gasteiger partial charge >= 0.3 is 0 Å². The van der Waals surface area contributed by atoms with Gasteiger partial charge in [0.1, 0.15) is 0 Å². The predicted molar refractivity (Wildman–Crippen MR) is 49.6 cm³/mol. The lowest BCUT2D eigenvalue weighted by Crippen LogP contribution is -2.43. The van der Waals surface area contributed by atoms with Crippen LogP contribution in [0.15, 0.2) is 0 Å². The van der Waals surface area contributed by atoms with Gasteiger partial charge in [-0.05, 0) is 33.6 Å². The van der Waals surface area contributed by atoms with E-state index in [9.17, 15) is 0 Å². The van der Waals surface area contributed by atoms with E-state index in [4.69, 9.17) is 10.6 Å². The molecule has 1 aliphatic rings. The molecular formula is C9H20N2O. The lowest BCUT2D eigenvalue weighted by atomic mass is 10.1. The van der Waals surface area contributed by atoms with Crippen LogP contribution in [0.2, 0.25) is 0 Å². The summed E-state index contributed by atoms with van der Waals surface area (Å²) in [4.78, 5) is 5.70. The first-order chi connectivity index (χ1) is 5.47. The molecule has 0 aromatic rings. The number of rotatable bonds is 1. The van der Waals surface area contributed by atoms with Crippen molar-refractivity contribution in [1.82, 2.24) is 5.06 Å². The van der Waals surface area contributed by atoms with Crippen molar-refractivity contribution >= 4 is 0 Å². The van der Waals surface area contributed by atoms with Crippen molar-refractivity contribution in [2.75, 3.05) is 13.1 Å². The summed E-state index contributed by atoms with van der Waals surface area (Å²) in [6, 6.07) is 0.379. The van der Waals surface area contributed by atoms with Crippen LogP contribution in [0.1, 0.15) is 33.6 Å². The highest BCUT2D eigenvalue weighted by molar-refractivity contribution is 4.71. The first-order valence-corrected chi connectivity index (χ1v) is 4.67. The minimum Gasteiger partial charge on any atom is -0.328 e. The molecule has 3 nitrogen and oxygen atoms in total. The summed E-state index contributed by atoms with van der Waals surface area (Å²) < 4.78 is 0. The average molecular weight is 172 g/mol. The standard InChI is InChI=1S/C9H20N2O/c1-9(2,3)12-11-6-4-8(10)5-7-11/h8H,4-7,10H2,1-3H3. The van der Waals surface area contributed by atoms with Gasteiger partial charge in [0.05, 0.1) is 5.60 Å². The highest BCUT2D eigenvalue weighted by atomic mass is 16.7. The number of nitrogens with zero attached hydrogens (tertiary/aromatic N) is 1. The SMILES string of the molecule is CC(C)(C)ON1CCC(N)CC1. The van der Waals surface area contributed by atoms with Crippen molar-refractivity contribution in [1.29, 1.82) is 0 Å². The van der Waals surface area contributed by atoms with Crippen molar-refractivity contribution in [3.05, 3.63) is 0 Å². The molecule has 1 heterocycles. The maximum Gasteiger partial charge on any atom is 0.0815 e. The first-order valence-electron chi connectivity index (χ1n) is 4.67. The Labute approximate surface area is 74.8 Å². The Morgan fingerprint density at radius 2 is 1.75 bits per heavy atom. The van der Waals surface area contributed by atoms with Crippen molar-refractivity contribution in [3.63, 3.8) is 0 Å². The monoisotopic (exact) mass is 172 g/mol. The second-order valence-corrected chi connectivity index (χ2v) is 4.47. The molecule has 0 aromatic carbocycles. The smallest absolute Gasteiger partial charge is 0.0815 e. The Morgan fingerprint density at radius 3 is 2.17 bits per heavy atom. The fraction of sp³-hybridized carbons (Fsp3) is 1.00. The van der Waals surface area contributed by atoms with Crippen LogP contribution in [0.4, 0.5) is 0 Å². The molecule has 1 rings (SSSR count). The van der Waals surface area contributed by atoms with E-state index in [0.29, 0.717) is 6.04 Å². The van der Waals surface area contributed by atoms with E-state index in [1.807, 2.05) is 5.06 Å². The maximum atomic E-state index is 5.78. The van der Waals surface area contributed by atoms with E-state index in [2.05, 4.69) is 20.8 Å². The average Bonchev–Trinajstić information content (AvgIpc) is 1.91. The molecule has 1 fully saturated rings. The van der Waals surface area contributed by atoms with Crippen LogP contribution >= 0.6 is 0 Å². The van der Waals surface area contributed by atoms with E-state index < -0.39 is 0 Å². The zero-order chi connectivity index (χ0) is 9.19. The fourth-order valence-electron chi connectivity index (χ4n) is 1.35. The third kappa shape index (κ3) is 3.52. The van der Waals surface area contributed by atoms with Gasteiger partial charge in [-0.2, -0.15) is 5.06 Å². The van der Waals surface area contributed by atoms with E-state index in [1.165, 1.54) is 0 Å². The van der Waals surface area contributed by atoms with Crippen LogP contribution in [0, 0.1) is 0 Å². The van der Waals surface area contributed by atoms with Crippen molar-refractivity contribution < 1.29 is 4.84 Å². The molecule has 0 atom stereocenters. The molecule has 0 bridgehead atoms. The largest absolute Gasteiger partial charge is 0.328 e. The van der Waals surface area contributed by atoms with Crippen molar-refractivity contribution in [3.8, 4) is 0 Å². The molecule has 2 N–H and O–H groups in total. The van der Waals surface area contributed by atoms with E-state index in [1.54, 1.807) is 0 Å². The Hall–Kier alpha value is -0.120. The highest BCUT2D eigenvalue weighted by Crippen LogP contribution is 2.15. The predicted octanol–water partition coefficient (Wildman–Crippen LogP) is 1.14. The van der Waals surface area contributed by atoms with Crippen LogP contribution in [-0.2, 0) is 4.84 Å². The molecule has 1 saturated heterocycles. The lowest BCUT2D eigenvalue weighted by molar-refractivity contribution is -0.236. The van der Waals surface area contributed by atoms with Crippen LogP contribution < -0.4 is 5.73 Å². The number of hydrogen-bond acceptors (Lipinski definition) is 3. The van der Waals surface area contributed by atoms with Crippen LogP contribution in [0.5, 0.6) is 0 Å². The van der Waals surface area contributed by atoms with Gasteiger partial charge in [0.2, 0.25) is 0 Å². The third-order valence-electron chi connectivity index (χ3n) is 1.90. The van der Waals surface area contributed by atoms with Crippen LogP contribution in [-0.4, -0.2) is 29.8 Å². The molecule has 0 aromatic heterocycles. The Balaban J connectivity index is 2.26. The second kappa shape index (κ2) is 3.73. The van der Waals surface area contributed by atoms with Gasteiger partial charge in [-0.3, -0.25) is 4.84 Å². The zero-order valence-corrected chi connectivity index (χ0v) is 8.34. The summed E-state index contributed by atoms with van der Waals surface area (Å²) in [5.74, 6) is 0. The summed E-state index contributed by atoms with van der Waals surface area (Å²) in [7, 11) is 0. The number of hydrogen-bond donors (Lipinski definition) is 1. The fourth-order valence-corrected chi connectivity index (χ4v) is 1.35. The van der Waals surface area contributed by atoms with Gasteiger partial charge < -0.3 is 5.73 Å². The molecule has 3 heteroatoms. The molecule has 0 radical (unpaired) electrons. The van der Waals surface area contributed by atoms with Gasteiger partial charge in [0.15, 0.2) is 0 Å². The van der Waals surface area contributed by atoms with Gasteiger partial charge in [-0.15, -0.1) is 0 Å². The molecule has 0 aliphatic carbocycles. The minimum absolute atomic E-state index is 0.0680. The number of hydroxylamine groups is 2. The molecule has 1 aliphatic heterocycles. The van der Waals surface area contributed by atoms with Crippen LogP contribution in [0.3, 0.4) is 0 Å². The molecule has 0 unspecified atom stereocenters. The maximum absolute atomic E-state index is 5.78. The van der Waals surface area contributed by atoms with E-state index in [0.717, 1.165) is 25.9 Å². The van der Waals surface area contributed by atoms with Gasteiger partial charge in [0.25, 0.3) is 0 Å². The van der Waals surface area contributed by atoms with Gasteiger partial charge in [-0.1, -0.05) is 0 Å². The van der Waals surface area contributed by atoms with Crippen LogP contribution in [0.25, 0.3) is 0 Å². The minimum atomic E-state index is -0.0680. The van der Waals surface area contributed by atoms with Crippen molar-refractivity contribution in [2.45, 2.75) is 45.3 Å². The highest BCUT2D eigenvalue weighted by Gasteiger charge is 2.21. The van der Waals surface area contributed by atoms with E-state index >= 15 is 0 Å². The Bertz CT molecular complexity index is 134. The lowest BCUT2D eigenvalue weighted by Gasteiger charge is -2.34. The van der Waals surface area contributed by atoms with E-state index in [-0.39, 0.29) is 5.60 Å². The molecule has 72 valence electrons. The topological polar surface area (TPSA) is 38.5 Å². The summed E-state index contributed by atoms with van der Waals surface area (Å²) >= 11 is 0. The summed E-state index contributed by atoms with van der Waals surface area (Å²) in [6.45, 7) is 8.15. The third-order valence-corrected chi connectivity index (χ3v) is 1.90. The molecule has 0 amide bonds. The summed E-state index contributed by atoms with van der Waals surface area (Å²) in [5.41, 5.74) is 5.71. The van der Waals surface area contributed by atoms with Gasteiger partial charge in [0, 0.05) is 19.1 Å². The number of nitrogens with two attached hydrogens (primary N) is 1. The van der Waals surface area contributed by atoms with Crippen molar-refractivity contribution in [2.24, 2.45) is 5.73 Å². The summed E-state index contributed by atoms with van der Waals surface area (Å²) in [5, 5.41) is 2.03. The second-order valence-electron chi connectivity index (χ2n) is 4.47. The van der Waals surface area contributed by atoms with Gasteiger partial charge in [-0.25, -0.2) is 0 Å². The normalized spacial score (nSPS) is 23.0.